The van der Waals surface area contributed by atoms with Gasteiger partial charge in [-0.25, -0.2) is 0 Å². The molecule has 0 fully saturated rings. The Hall–Kier alpha value is -3.05. The zero-order valence-electron chi connectivity index (χ0n) is 20.9. The molecule has 0 saturated carbocycles. The minimum absolute atomic E-state index is 0.0212. The lowest BCUT2D eigenvalue weighted by Gasteiger charge is -2.32. The van der Waals surface area contributed by atoms with Crippen LogP contribution in [0.3, 0.4) is 0 Å². The average Bonchev–Trinajstić information content (AvgIpc) is 2.87. The van der Waals surface area contributed by atoms with E-state index >= 15 is 0 Å². The van der Waals surface area contributed by atoms with Gasteiger partial charge in [0.05, 0.1) is 5.75 Å². The SMILES string of the molecule is Cc1ccc(CN(C(=O)CSCc2ccccc2)[C@@H](Cc2ccccc2)C(=O)NCC(C)C)cc1. The van der Waals surface area contributed by atoms with Crippen molar-refractivity contribution in [1.82, 2.24) is 10.2 Å². The minimum atomic E-state index is -0.581. The Balaban J connectivity index is 1.83. The Labute approximate surface area is 214 Å². The summed E-state index contributed by atoms with van der Waals surface area (Å²) in [5.74, 6) is 1.29. The third-order valence-corrected chi connectivity index (χ3v) is 6.75. The zero-order chi connectivity index (χ0) is 25.0. The molecule has 0 aliphatic heterocycles. The van der Waals surface area contributed by atoms with Gasteiger partial charge in [-0.1, -0.05) is 104 Å². The zero-order valence-corrected chi connectivity index (χ0v) is 21.8. The number of nitrogens with one attached hydrogen (secondary N) is 1. The predicted octanol–water partition coefficient (Wildman–Crippen LogP) is 5.64. The summed E-state index contributed by atoms with van der Waals surface area (Å²) in [5, 5.41) is 3.08. The van der Waals surface area contributed by atoms with Crippen molar-refractivity contribution in [3.63, 3.8) is 0 Å². The lowest BCUT2D eigenvalue weighted by Crippen LogP contribution is -2.51. The molecular weight excluding hydrogens is 452 g/mol. The molecule has 1 N–H and O–H groups in total. The summed E-state index contributed by atoms with van der Waals surface area (Å²) in [5.41, 5.74) is 4.41. The molecule has 0 spiro atoms. The highest BCUT2D eigenvalue weighted by Gasteiger charge is 2.30. The monoisotopic (exact) mass is 488 g/mol. The summed E-state index contributed by atoms with van der Waals surface area (Å²) >= 11 is 1.59. The topological polar surface area (TPSA) is 49.4 Å². The van der Waals surface area contributed by atoms with E-state index in [0.29, 0.717) is 31.2 Å². The van der Waals surface area contributed by atoms with Gasteiger partial charge in [-0.05, 0) is 29.5 Å². The number of carbonyl (C=O) groups excluding carboxylic acids is 2. The van der Waals surface area contributed by atoms with E-state index in [1.807, 2.05) is 79.7 Å². The van der Waals surface area contributed by atoms with E-state index in [-0.39, 0.29) is 11.8 Å². The standard InChI is InChI=1S/C30H36N2O2S/c1-23(2)19-31-30(34)28(18-25-10-6-4-7-11-25)32(20-26-16-14-24(3)15-17-26)29(33)22-35-21-27-12-8-5-9-13-27/h4-17,23,28H,18-22H2,1-3H3,(H,31,34)/t28-/m0/s1. The largest absolute Gasteiger partial charge is 0.354 e. The number of rotatable bonds is 12. The maximum Gasteiger partial charge on any atom is 0.243 e. The number of thioether (sulfide) groups is 1. The number of carbonyl (C=O) groups is 2. The van der Waals surface area contributed by atoms with Crippen molar-refractivity contribution in [2.75, 3.05) is 12.3 Å². The molecule has 35 heavy (non-hydrogen) atoms. The second-order valence-corrected chi connectivity index (χ2v) is 10.3. The number of nitrogens with zero attached hydrogens (tertiary/aromatic N) is 1. The van der Waals surface area contributed by atoms with Crippen LogP contribution in [0.25, 0.3) is 0 Å². The van der Waals surface area contributed by atoms with Crippen molar-refractivity contribution >= 4 is 23.6 Å². The minimum Gasteiger partial charge on any atom is -0.354 e. The van der Waals surface area contributed by atoms with Crippen molar-refractivity contribution in [1.29, 1.82) is 0 Å². The van der Waals surface area contributed by atoms with E-state index in [9.17, 15) is 9.59 Å². The molecule has 0 heterocycles. The van der Waals surface area contributed by atoms with Gasteiger partial charge in [0.25, 0.3) is 0 Å². The Kier molecular flexibility index (Phi) is 10.4. The van der Waals surface area contributed by atoms with Gasteiger partial charge in [0.15, 0.2) is 0 Å². The van der Waals surface area contributed by atoms with Crippen LogP contribution in [-0.2, 0) is 28.3 Å². The van der Waals surface area contributed by atoms with Gasteiger partial charge < -0.3 is 10.2 Å². The van der Waals surface area contributed by atoms with Gasteiger partial charge in [0.2, 0.25) is 11.8 Å². The van der Waals surface area contributed by atoms with Crippen LogP contribution in [0.1, 0.15) is 36.1 Å². The van der Waals surface area contributed by atoms with Gasteiger partial charge in [-0.3, -0.25) is 9.59 Å². The molecule has 0 aliphatic rings. The van der Waals surface area contributed by atoms with Crippen molar-refractivity contribution in [3.05, 3.63) is 107 Å². The molecule has 0 unspecified atom stereocenters. The van der Waals surface area contributed by atoms with Crippen molar-refractivity contribution in [3.8, 4) is 0 Å². The van der Waals surface area contributed by atoms with Gasteiger partial charge in [0, 0.05) is 25.3 Å². The highest BCUT2D eigenvalue weighted by atomic mass is 32.2. The van der Waals surface area contributed by atoms with E-state index in [2.05, 4.69) is 31.3 Å². The van der Waals surface area contributed by atoms with Crippen LogP contribution >= 0.6 is 11.8 Å². The molecule has 3 rings (SSSR count). The van der Waals surface area contributed by atoms with Crippen LogP contribution < -0.4 is 5.32 Å². The lowest BCUT2D eigenvalue weighted by atomic mass is 10.0. The van der Waals surface area contributed by atoms with Crippen molar-refractivity contribution < 1.29 is 9.59 Å². The fourth-order valence-corrected chi connectivity index (χ4v) is 4.65. The van der Waals surface area contributed by atoms with Crippen LogP contribution in [0.4, 0.5) is 0 Å². The van der Waals surface area contributed by atoms with E-state index < -0.39 is 6.04 Å². The normalized spacial score (nSPS) is 11.8. The maximum atomic E-state index is 13.6. The van der Waals surface area contributed by atoms with E-state index in [0.717, 1.165) is 16.9 Å². The third kappa shape index (κ3) is 8.91. The van der Waals surface area contributed by atoms with Gasteiger partial charge in [0.1, 0.15) is 6.04 Å². The molecule has 4 nitrogen and oxygen atoms in total. The Morgan fingerprint density at radius 3 is 2.03 bits per heavy atom. The highest BCUT2D eigenvalue weighted by Crippen LogP contribution is 2.19. The summed E-state index contributed by atoms with van der Waals surface area (Å²) in [6.07, 6.45) is 0.478. The number of aryl methyl sites for hydroxylation is 1. The van der Waals surface area contributed by atoms with Crippen LogP contribution in [-0.4, -0.2) is 35.1 Å². The number of hydrogen-bond donors (Lipinski definition) is 1. The fraction of sp³-hybridized carbons (Fsp3) is 0.333. The smallest absolute Gasteiger partial charge is 0.243 e. The Bertz CT molecular complexity index is 1050. The molecule has 0 aromatic heterocycles. The van der Waals surface area contributed by atoms with Gasteiger partial charge in [-0.15, -0.1) is 11.8 Å². The molecule has 1 atom stereocenters. The highest BCUT2D eigenvalue weighted by molar-refractivity contribution is 7.99. The second kappa shape index (κ2) is 13.7. The van der Waals surface area contributed by atoms with E-state index in [4.69, 9.17) is 0 Å². The van der Waals surface area contributed by atoms with Crippen LogP contribution in [0.5, 0.6) is 0 Å². The average molecular weight is 489 g/mol. The molecule has 0 radical (unpaired) electrons. The lowest BCUT2D eigenvalue weighted by molar-refractivity contribution is -0.139. The summed E-state index contributed by atoms with van der Waals surface area (Å²) < 4.78 is 0. The third-order valence-electron chi connectivity index (χ3n) is 5.77. The number of benzene rings is 3. The van der Waals surface area contributed by atoms with E-state index in [1.165, 1.54) is 11.1 Å². The Morgan fingerprint density at radius 2 is 1.43 bits per heavy atom. The molecular formula is C30H36N2O2S. The Morgan fingerprint density at radius 1 is 0.829 bits per heavy atom. The molecule has 5 heteroatoms. The summed E-state index contributed by atoms with van der Waals surface area (Å²) in [7, 11) is 0. The predicted molar refractivity (Wildman–Crippen MR) is 146 cm³/mol. The number of hydrogen-bond acceptors (Lipinski definition) is 3. The second-order valence-electron chi connectivity index (χ2n) is 9.33. The molecule has 184 valence electrons. The first-order valence-electron chi connectivity index (χ1n) is 12.2. The molecule has 3 aromatic rings. The van der Waals surface area contributed by atoms with Crippen LogP contribution in [0.15, 0.2) is 84.9 Å². The first-order valence-corrected chi connectivity index (χ1v) is 13.4. The molecule has 0 aliphatic carbocycles. The van der Waals surface area contributed by atoms with Crippen molar-refractivity contribution in [2.45, 2.75) is 45.5 Å². The maximum absolute atomic E-state index is 13.6. The van der Waals surface area contributed by atoms with Gasteiger partial charge in [-0.2, -0.15) is 0 Å². The summed E-state index contributed by atoms with van der Waals surface area (Å²) in [6.45, 7) is 7.17. The fourth-order valence-electron chi connectivity index (χ4n) is 3.78. The quantitative estimate of drug-likeness (QED) is 0.359. The van der Waals surface area contributed by atoms with Gasteiger partial charge >= 0.3 is 0 Å². The van der Waals surface area contributed by atoms with Crippen LogP contribution in [0.2, 0.25) is 0 Å². The number of amides is 2. The first kappa shape index (κ1) is 26.6. The molecule has 2 amide bonds. The first-order chi connectivity index (χ1) is 16.9. The van der Waals surface area contributed by atoms with E-state index in [1.54, 1.807) is 16.7 Å². The van der Waals surface area contributed by atoms with Crippen molar-refractivity contribution in [2.24, 2.45) is 5.92 Å². The summed E-state index contributed by atoms with van der Waals surface area (Å²) in [6, 6.07) is 27.7. The molecule has 0 bridgehead atoms. The van der Waals surface area contributed by atoms with Crippen LogP contribution in [0, 0.1) is 12.8 Å². The molecule has 0 saturated heterocycles. The molecule has 3 aromatic carbocycles. The summed E-state index contributed by atoms with van der Waals surface area (Å²) in [4.78, 5) is 28.8.